The van der Waals surface area contributed by atoms with E-state index in [9.17, 15) is 0 Å². The van der Waals surface area contributed by atoms with Crippen molar-refractivity contribution < 1.29 is 0 Å². The third kappa shape index (κ3) is 0.992. The summed E-state index contributed by atoms with van der Waals surface area (Å²) < 4.78 is 1.17. The summed E-state index contributed by atoms with van der Waals surface area (Å²) in [7, 11) is 2.04. The molecule has 0 atom stereocenters. The average Bonchev–Trinajstić information content (AvgIpc) is 2.31. The molecule has 1 aromatic heterocycles. The minimum Gasteiger partial charge on any atom is -0.375 e. The van der Waals surface area contributed by atoms with Crippen LogP contribution in [-0.4, -0.2) is 12.8 Å². The van der Waals surface area contributed by atoms with Gasteiger partial charge in [-0.25, -0.2) is 4.98 Å². The number of anilines is 1. The first-order valence-corrected chi connectivity index (χ1v) is 4.20. The number of hydrogen-bond donors (Lipinski definition) is 1. The number of thiazole rings is 1. The summed E-state index contributed by atoms with van der Waals surface area (Å²) in [4.78, 5) is 4.21. The van der Waals surface area contributed by atoms with Gasteiger partial charge in [0.15, 0.2) is 5.13 Å². The maximum atomic E-state index is 5.57. The molecule has 1 aromatic carbocycles. The predicted octanol–water partition coefficient (Wildman–Crippen LogP) is 0.137. The summed E-state index contributed by atoms with van der Waals surface area (Å²) in [5.41, 5.74) is 7.79. The lowest BCUT2D eigenvalue weighted by Crippen LogP contribution is -2.02. The first-order valence-electron chi connectivity index (χ1n) is 3.39. The normalized spacial score (nSPS) is 10.5. The van der Waals surface area contributed by atoms with Crippen LogP contribution < -0.4 is 11.2 Å². The molecule has 0 amide bonds. The average molecular weight is 162 g/mol. The second kappa shape index (κ2) is 2.24. The lowest BCUT2D eigenvalue weighted by molar-refractivity contribution is 1.51. The number of nitrogen functional groups attached to an aromatic ring is 1. The highest BCUT2D eigenvalue weighted by Crippen LogP contribution is 2.20. The Kier molecular flexibility index (Phi) is 1.36. The third-order valence-corrected chi connectivity index (χ3v) is 2.49. The Hall–Kier alpha value is -1.03. The molecule has 0 aliphatic carbocycles. The summed E-state index contributed by atoms with van der Waals surface area (Å²) in [6, 6.07) is 6.10. The van der Waals surface area contributed by atoms with Crippen LogP contribution in [0.3, 0.4) is 0 Å². The van der Waals surface area contributed by atoms with Gasteiger partial charge in [-0.1, -0.05) is 28.9 Å². The molecule has 54 valence electrons. The van der Waals surface area contributed by atoms with Crippen LogP contribution in [-0.2, 0) is 0 Å². The van der Waals surface area contributed by atoms with Gasteiger partial charge in [0.1, 0.15) is 7.85 Å². The SMILES string of the molecule is Bc1cccc2sc(N)nc12. The summed E-state index contributed by atoms with van der Waals surface area (Å²) in [5, 5.41) is 0.648. The molecule has 0 aliphatic heterocycles. The first kappa shape index (κ1) is 6.67. The van der Waals surface area contributed by atoms with Gasteiger partial charge < -0.3 is 5.73 Å². The Balaban J connectivity index is 2.90. The molecule has 0 fully saturated rings. The minimum absolute atomic E-state index is 0.648. The maximum Gasteiger partial charge on any atom is 0.181 e. The second-order valence-electron chi connectivity index (χ2n) is 2.47. The molecule has 0 radical (unpaired) electrons. The summed E-state index contributed by atoms with van der Waals surface area (Å²) in [6.45, 7) is 0. The molecular weight excluding hydrogens is 155 g/mol. The maximum absolute atomic E-state index is 5.57. The van der Waals surface area contributed by atoms with E-state index in [1.807, 2.05) is 26.0 Å². The largest absolute Gasteiger partial charge is 0.375 e. The Bertz CT molecular complexity index is 396. The number of nitrogens with zero attached hydrogens (tertiary/aromatic N) is 1. The van der Waals surface area contributed by atoms with Crippen molar-refractivity contribution >= 4 is 40.0 Å². The molecule has 2 rings (SSSR count). The fraction of sp³-hybridized carbons (Fsp3) is 0. The Morgan fingerprint density at radius 3 is 3.00 bits per heavy atom. The second-order valence-corrected chi connectivity index (χ2v) is 3.54. The standard InChI is InChI=1S/C7H7BN2S/c8-4-2-1-3-5-6(4)10-7(9)11-5/h1-3H,8H2,(H2,9,10). The first-order chi connectivity index (χ1) is 5.27. The van der Waals surface area contributed by atoms with Crippen LogP contribution in [0.2, 0.25) is 0 Å². The molecule has 4 heteroatoms. The minimum atomic E-state index is 0.648. The highest BCUT2D eigenvalue weighted by molar-refractivity contribution is 7.22. The molecule has 0 bridgehead atoms. The monoisotopic (exact) mass is 162 g/mol. The zero-order chi connectivity index (χ0) is 7.84. The van der Waals surface area contributed by atoms with Gasteiger partial charge >= 0.3 is 0 Å². The quantitative estimate of drug-likeness (QED) is 0.559. The van der Waals surface area contributed by atoms with Crippen molar-refractivity contribution in [2.75, 3.05) is 5.73 Å². The van der Waals surface area contributed by atoms with Crippen molar-refractivity contribution in [2.24, 2.45) is 0 Å². The van der Waals surface area contributed by atoms with E-state index in [1.54, 1.807) is 0 Å². The molecule has 0 spiro atoms. The predicted molar refractivity (Wildman–Crippen MR) is 52.2 cm³/mol. The summed E-state index contributed by atoms with van der Waals surface area (Å²) in [6.07, 6.45) is 0. The van der Waals surface area contributed by atoms with Crippen LogP contribution >= 0.6 is 11.3 Å². The van der Waals surface area contributed by atoms with Crippen molar-refractivity contribution in [1.82, 2.24) is 4.98 Å². The van der Waals surface area contributed by atoms with Gasteiger partial charge in [-0.05, 0) is 6.07 Å². The van der Waals surface area contributed by atoms with Gasteiger partial charge in [-0.15, -0.1) is 0 Å². The molecule has 11 heavy (non-hydrogen) atoms. The number of hydrogen-bond acceptors (Lipinski definition) is 3. The van der Waals surface area contributed by atoms with Crippen molar-refractivity contribution in [2.45, 2.75) is 0 Å². The van der Waals surface area contributed by atoms with Gasteiger partial charge in [0, 0.05) is 0 Å². The van der Waals surface area contributed by atoms with E-state index in [-0.39, 0.29) is 0 Å². The number of benzene rings is 1. The zero-order valence-electron chi connectivity index (χ0n) is 6.16. The van der Waals surface area contributed by atoms with E-state index < -0.39 is 0 Å². The Labute approximate surface area is 69.5 Å². The molecular formula is C7H7BN2S. The molecule has 0 saturated carbocycles. The topological polar surface area (TPSA) is 38.9 Å². The zero-order valence-corrected chi connectivity index (χ0v) is 6.98. The lowest BCUT2D eigenvalue weighted by Gasteiger charge is -1.90. The van der Waals surface area contributed by atoms with E-state index >= 15 is 0 Å². The number of aromatic nitrogens is 1. The van der Waals surface area contributed by atoms with E-state index in [0.717, 1.165) is 5.52 Å². The molecule has 2 aromatic rings. The Morgan fingerprint density at radius 2 is 2.27 bits per heavy atom. The Morgan fingerprint density at radius 1 is 1.45 bits per heavy atom. The molecule has 0 saturated heterocycles. The van der Waals surface area contributed by atoms with E-state index in [4.69, 9.17) is 5.73 Å². The van der Waals surface area contributed by atoms with Crippen molar-refractivity contribution in [3.63, 3.8) is 0 Å². The molecule has 2 N–H and O–H groups in total. The summed E-state index contributed by atoms with van der Waals surface area (Å²) in [5.74, 6) is 0. The fourth-order valence-electron chi connectivity index (χ4n) is 1.10. The number of fused-ring (bicyclic) bond motifs is 1. The van der Waals surface area contributed by atoms with Crippen LogP contribution in [0, 0.1) is 0 Å². The van der Waals surface area contributed by atoms with E-state index in [2.05, 4.69) is 4.98 Å². The van der Waals surface area contributed by atoms with Crippen LogP contribution in [0.1, 0.15) is 0 Å². The van der Waals surface area contributed by atoms with Gasteiger partial charge in [0.05, 0.1) is 10.2 Å². The van der Waals surface area contributed by atoms with E-state index in [0.29, 0.717) is 5.13 Å². The third-order valence-electron chi connectivity index (χ3n) is 1.64. The lowest BCUT2D eigenvalue weighted by atomic mass is 9.95. The van der Waals surface area contributed by atoms with Crippen LogP contribution in [0.15, 0.2) is 18.2 Å². The van der Waals surface area contributed by atoms with Gasteiger partial charge in [0.25, 0.3) is 0 Å². The summed E-state index contributed by atoms with van der Waals surface area (Å²) >= 11 is 1.53. The highest BCUT2D eigenvalue weighted by Gasteiger charge is 2.00. The number of nitrogens with two attached hydrogens (primary N) is 1. The molecule has 2 nitrogen and oxygen atoms in total. The molecule has 0 aliphatic rings. The fourth-order valence-corrected chi connectivity index (χ4v) is 1.92. The van der Waals surface area contributed by atoms with Crippen LogP contribution in [0.5, 0.6) is 0 Å². The number of para-hydroxylation sites is 1. The molecule has 1 heterocycles. The van der Waals surface area contributed by atoms with Gasteiger partial charge in [0.2, 0.25) is 0 Å². The van der Waals surface area contributed by atoms with Gasteiger partial charge in [-0.3, -0.25) is 0 Å². The van der Waals surface area contributed by atoms with Crippen LogP contribution in [0.4, 0.5) is 5.13 Å². The van der Waals surface area contributed by atoms with Crippen molar-refractivity contribution in [1.29, 1.82) is 0 Å². The van der Waals surface area contributed by atoms with Crippen molar-refractivity contribution in [3.8, 4) is 0 Å². The van der Waals surface area contributed by atoms with Gasteiger partial charge in [-0.2, -0.15) is 0 Å². The highest BCUT2D eigenvalue weighted by atomic mass is 32.1. The number of rotatable bonds is 0. The van der Waals surface area contributed by atoms with E-state index in [1.165, 1.54) is 21.5 Å². The van der Waals surface area contributed by atoms with Crippen molar-refractivity contribution in [3.05, 3.63) is 18.2 Å². The smallest absolute Gasteiger partial charge is 0.181 e. The van der Waals surface area contributed by atoms with Crippen LogP contribution in [0.25, 0.3) is 10.2 Å². The molecule has 0 unspecified atom stereocenters.